The summed E-state index contributed by atoms with van der Waals surface area (Å²) >= 11 is 1.35. The van der Waals surface area contributed by atoms with Gasteiger partial charge in [-0.3, -0.25) is 0 Å². The standard InChI is InChI=1S/C14H13N3OS/c1-9-7-16-14(17-8-9)19-13-5-11(6-15)3-4-12(13)10(2)18/h3-5,7-8,10,18H,1-2H3/t10-/m0/s1. The molecule has 0 unspecified atom stereocenters. The highest BCUT2D eigenvalue weighted by atomic mass is 32.2. The Hall–Kier alpha value is -1.90. The second-order valence-corrected chi connectivity index (χ2v) is 5.19. The van der Waals surface area contributed by atoms with E-state index in [2.05, 4.69) is 16.0 Å². The van der Waals surface area contributed by atoms with Crippen LogP contribution >= 0.6 is 11.8 Å². The molecule has 1 atom stereocenters. The Morgan fingerprint density at radius 3 is 2.58 bits per heavy atom. The maximum atomic E-state index is 9.75. The van der Waals surface area contributed by atoms with Gasteiger partial charge in [0.05, 0.1) is 17.7 Å². The molecule has 0 saturated carbocycles. The summed E-state index contributed by atoms with van der Waals surface area (Å²) in [6.45, 7) is 3.62. The number of hydrogen-bond acceptors (Lipinski definition) is 5. The lowest BCUT2D eigenvalue weighted by atomic mass is 10.1. The predicted octanol–water partition coefficient (Wildman–Crippen LogP) is 2.86. The highest BCUT2D eigenvalue weighted by Gasteiger charge is 2.11. The third kappa shape index (κ3) is 3.31. The average Bonchev–Trinajstić information content (AvgIpc) is 2.41. The number of benzene rings is 1. The van der Waals surface area contributed by atoms with Crippen molar-refractivity contribution in [2.75, 3.05) is 0 Å². The number of hydrogen-bond donors (Lipinski definition) is 1. The maximum absolute atomic E-state index is 9.75. The zero-order valence-corrected chi connectivity index (χ0v) is 11.5. The Morgan fingerprint density at radius 1 is 1.32 bits per heavy atom. The van der Waals surface area contributed by atoms with Crippen molar-refractivity contribution in [1.29, 1.82) is 5.26 Å². The number of aryl methyl sites for hydroxylation is 1. The number of rotatable bonds is 3. The zero-order chi connectivity index (χ0) is 13.8. The van der Waals surface area contributed by atoms with E-state index in [1.165, 1.54) is 11.8 Å². The van der Waals surface area contributed by atoms with E-state index in [0.29, 0.717) is 10.7 Å². The number of nitriles is 1. The largest absolute Gasteiger partial charge is 0.389 e. The highest BCUT2D eigenvalue weighted by molar-refractivity contribution is 7.99. The van der Waals surface area contributed by atoms with Crippen LogP contribution in [0.3, 0.4) is 0 Å². The highest BCUT2D eigenvalue weighted by Crippen LogP contribution is 2.32. The van der Waals surface area contributed by atoms with Crippen LogP contribution in [0.2, 0.25) is 0 Å². The molecule has 0 radical (unpaired) electrons. The molecule has 0 aliphatic heterocycles. The van der Waals surface area contributed by atoms with E-state index >= 15 is 0 Å². The summed E-state index contributed by atoms with van der Waals surface area (Å²) in [5, 5.41) is 19.3. The third-order valence-electron chi connectivity index (χ3n) is 2.55. The molecule has 0 aliphatic rings. The lowest BCUT2D eigenvalue weighted by Crippen LogP contribution is -1.96. The minimum Gasteiger partial charge on any atom is -0.389 e. The molecule has 19 heavy (non-hydrogen) atoms. The number of aliphatic hydroxyl groups is 1. The fourth-order valence-corrected chi connectivity index (χ4v) is 2.52. The topological polar surface area (TPSA) is 69.8 Å². The molecule has 0 amide bonds. The van der Waals surface area contributed by atoms with Crippen molar-refractivity contribution < 1.29 is 5.11 Å². The second-order valence-electron chi connectivity index (χ2n) is 4.19. The Kier molecular flexibility index (Phi) is 4.15. The Balaban J connectivity index is 2.37. The summed E-state index contributed by atoms with van der Waals surface area (Å²) in [4.78, 5) is 9.24. The first-order chi connectivity index (χ1) is 9.10. The van der Waals surface area contributed by atoms with E-state index < -0.39 is 6.10 Å². The van der Waals surface area contributed by atoms with Crippen LogP contribution in [0.4, 0.5) is 0 Å². The Labute approximate surface area is 116 Å². The van der Waals surface area contributed by atoms with E-state index in [9.17, 15) is 5.11 Å². The van der Waals surface area contributed by atoms with Crippen molar-refractivity contribution in [3.8, 4) is 6.07 Å². The molecule has 0 spiro atoms. The third-order valence-corrected chi connectivity index (χ3v) is 3.52. The van der Waals surface area contributed by atoms with Crippen LogP contribution in [0.1, 0.15) is 29.7 Å². The van der Waals surface area contributed by atoms with Crippen LogP contribution < -0.4 is 0 Å². The summed E-state index contributed by atoms with van der Waals surface area (Å²) in [5.74, 6) is 0. The summed E-state index contributed by atoms with van der Waals surface area (Å²) in [5.41, 5.74) is 2.32. The van der Waals surface area contributed by atoms with Gasteiger partial charge in [-0.2, -0.15) is 5.26 Å². The van der Waals surface area contributed by atoms with Crippen molar-refractivity contribution in [3.05, 3.63) is 47.3 Å². The molecule has 4 nitrogen and oxygen atoms in total. The van der Waals surface area contributed by atoms with E-state index in [0.717, 1.165) is 16.0 Å². The molecule has 96 valence electrons. The van der Waals surface area contributed by atoms with Gasteiger partial charge in [0.15, 0.2) is 5.16 Å². The quantitative estimate of drug-likeness (QED) is 0.869. The van der Waals surface area contributed by atoms with Crippen LogP contribution in [0.5, 0.6) is 0 Å². The molecule has 0 saturated heterocycles. The maximum Gasteiger partial charge on any atom is 0.192 e. The molecule has 1 N–H and O–H groups in total. The van der Waals surface area contributed by atoms with Crippen molar-refractivity contribution in [3.63, 3.8) is 0 Å². The SMILES string of the molecule is Cc1cnc(Sc2cc(C#N)ccc2[C@H](C)O)nc1. The fraction of sp³-hybridized carbons (Fsp3) is 0.214. The first-order valence-corrected chi connectivity index (χ1v) is 6.60. The lowest BCUT2D eigenvalue weighted by molar-refractivity contribution is 0.196. The van der Waals surface area contributed by atoms with Crippen molar-refractivity contribution in [2.24, 2.45) is 0 Å². The molecular formula is C14H13N3OS. The monoisotopic (exact) mass is 271 g/mol. The van der Waals surface area contributed by atoms with Crippen molar-refractivity contribution in [1.82, 2.24) is 9.97 Å². The molecule has 1 heterocycles. The van der Waals surface area contributed by atoms with Crippen LogP contribution in [-0.4, -0.2) is 15.1 Å². The van der Waals surface area contributed by atoms with Gasteiger partial charge >= 0.3 is 0 Å². The van der Waals surface area contributed by atoms with Crippen molar-refractivity contribution in [2.45, 2.75) is 30.0 Å². The van der Waals surface area contributed by atoms with Gasteiger partial charge in [0.2, 0.25) is 0 Å². The van der Waals surface area contributed by atoms with E-state index in [-0.39, 0.29) is 0 Å². The van der Waals surface area contributed by atoms with Gasteiger partial charge in [-0.1, -0.05) is 6.07 Å². The number of aromatic nitrogens is 2. The van der Waals surface area contributed by atoms with Crippen LogP contribution in [0.15, 0.2) is 40.6 Å². The van der Waals surface area contributed by atoms with Gasteiger partial charge in [-0.15, -0.1) is 0 Å². The number of aliphatic hydroxyl groups excluding tert-OH is 1. The molecular weight excluding hydrogens is 258 g/mol. The van der Waals surface area contributed by atoms with Gasteiger partial charge in [0, 0.05) is 17.3 Å². The van der Waals surface area contributed by atoms with Crippen LogP contribution in [-0.2, 0) is 0 Å². The summed E-state index contributed by atoms with van der Waals surface area (Å²) in [6.07, 6.45) is 2.89. The zero-order valence-electron chi connectivity index (χ0n) is 10.7. The second kappa shape index (κ2) is 5.83. The minimum atomic E-state index is -0.597. The van der Waals surface area contributed by atoms with Crippen LogP contribution in [0.25, 0.3) is 0 Å². The number of nitrogens with zero attached hydrogens (tertiary/aromatic N) is 3. The van der Waals surface area contributed by atoms with Gasteiger partial charge in [0.1, 0.15) is 0 Å². The molecule has 2 aromatic rings. The predicted molar refractivity (Wildman–Crippen MR) is 72.7 cm³/mol. The van der Waals surface area contributed by atoms with E-state index in [1.54, 1.807) is 37.5 Å². The van der Waals surface area contributed by atoms with Crippen LogP contribution in [0, 0.1) is 18.3 Å². The van der Waals surface area contributed by atoms with Gasteiger partial charge < -0.3 is 5.11 Å². The minimum absolute atomic E-state index is 0.555. The Bertz CT molecular complexity index is 618. The first-order valence-electron chi connectivity index (χ1n) is 5.79. The van der Waals surface area contributed by atoms with E-state index in [1.807, 2.05) is 6.92 Å². The lowest BCUT2D eigenvalue weighted by Gasteiger charge is -2.11. The van der Waals surface area contributed by atoms with E-state index in [4.69, 9.17) is 5.26 Å². The fourth-order valence-electron chi connectivity index (χ4n) is 1.57. The summed E-state index contributed by atoms with van der Waals surface area (Å²) in [7, 11) is 0. The summed E-state index contributed by atoms with van der Waals surface area (Å²) < 4.78 is 0. The molecule has 2 rings (SSSR count). The molecule has 0 aliphatic carbocycles. The molecule has 5 heteroatoms. The summed E-state index contributed by atoms with van der Waals surface area (Å²) in [6, 6.07) is 7.30. The normalized spacial score (nSPS) is 11.9. The first kappa shape index (κ1) is 13.5. The molecule has 0 bridgehead atoms. The van der Waals surface area contributed by atoms with Gasteiger partial charge in [-0.05, 0) is 48.9 Å². The average molecular weight is 271 g/mol. The Morgan fingerprint density at radius 2 is 2.00 bits per heavy atom. The van der Waals surface area contributed by atoms with Gasteiger partial charge in [0.25, 0.3) is 0 Å². The smallest absolute Gasteiger partial charge is 0.192 e. The van der Waals surface area contributed by atoms with Crippen molar-refractivity contribution >= 4 is 11.8 Å². The molecule has 0 fully saturated rings. The van der Waals surface area contributed by atoms with Gasteiger partial charge in [-0.25, -0.2) is 9.97 Å². The molecule has 1 aromatic carbocycles. The molecule has 1 aromatic heterocycles.